The number of hydrogen-bond donors (Lipinski definition) is 2. The summed E-state index contributed by atoms with van der Waals surface area (Å²) in [7, 11) is 0. The van der Waals surface area contributed by atoms with E-state index in [1.807, 2.05) is 97.1 Å². The van der Waals surface area contributed by atoms with E-state index in [4.69, 9.17) is 37.1 Å². The molecule has 6 aromatic heterocycles. The minimum atomic E-state index is 0.727. The third-order valence-electron chi connectivity index (χ3n) is 8.85. The Kier molecular flexibility index (Phi) is 7.59. The van der Waals surface area contributed by atoms with Crippen molar-refractivity contribution in [1.29, 1.82) is 0 Å². The SMILES string of the molecule is S=C=Nc1ccc(-c2c3nc(c(-c4ccccn4)c4ccc([nH]4)c(-c4ccccn4)c4nc(c(-c5ccccn5)c5ccc2[nH]5)C=C4)C=C3)cc1. The highest BCUT2D eigenvalue weighted by molar-refractivity contribution is 7.78. The Balaban J connectivity index is 1.46. The highest BCUT2D eigenvalue weighted by Gasteiger charge is 2.19. The van der Waals surface area contributed by atoms with Crippen LogP contribution in [0, 0.1) is 0 Å². The number of aliphatic imine (C=N–C) groups is 1. The second-order valence-corrected chi connectivity index (χ2v) is 12.1. The number of benzene rings is 1. The van der Waals surface area contributed by atoms with Crippen LogP contribution in [0.5, 0.6) is 0 Å². The first kappa shape index (κ1) is 30.2. The quantitative estimate of drug-likeness (QED) is 0.139. The topological polar surface area (TPSA) is 108 Å². The van der Waals surface area contributed by atoms with Crippen molar-refractivity contribution in [3.05, 3.63) is 144 Å². The number of pyridine rings is 3. The zero-order valence-electron chi connectivity index (χ0n) is 26.9. The van der Waals surface area contributed by atoms with Crippen LogP contribution in [0.15, 0.2) is 127 Å². The molecule has 2 aliphatic heterocycles. The summed E-state index contributed by atoms with van der Waals surface area (Å²) in [4.78, 5) is 36.4. The van der Waals surface area contributed by atoms with E-state index >= 15 is 0 Å². The fourth-order valence-electron chi connectivity index (χ4n) is 6.60. The maximum Gasteiger partial charge on any atom is 0.0753 e. The lowest BCUT2D eigenvalue weighted by Gasteiger charge is -2.06. The molecule has 9 heteroatoms. The summed E-state index contributed by atoms with van der Waals surface area (Å²) in [5, 5.41) is 2.46. The molecular formula is C42H26N8S. The predicted octanol–water partition coefficient (Wildman–Crippen LogP) is 10.2. The fourth-order valence-corrected chi connectivity index (χ4v) is 6.71. The van der Waals surface area contributed by atoms with Gasteiger partial charge in [0.1, 0.15) is 0 Å². The van der Waals surface area contributed by atoms with Crippen LogP contribution >= 0.6 is 12.2 Å². The number of H-pyrrole nitrogens is 2. The zero-order valence-corrected chi connectivity index (χ0v) is 27.8. The average Bonchev–Trinajstić information content (AvgIpc) is 4.02. The van der Waals surface area contributed by atoms with E-state index in [9.17, 15) is 0 Å². The summed E-state index contributed by atoms with van der Waals surface area (Å²) >= 11 is 4.85. The summed E-state index contributed by atoms with van der Waals surface area (Å²) in [6.45, 7) is 0. The Labute approximate surface area is 297 Å². The number of rotatable bonds is 5. The van der Waals surface area contributed by atoms with Gasteiger partial charge in [0.2, 0.25) is 0 Å². The Hall–Kier alpha value is -6.93. The lowest BCUT2D eigenvalue weighted by molar-refractivity contribution is 1.26. The lowest BCUT2D eigenvalue weighted by atomic mass is 10.0. The molecule has 8 bridgehead atoms. The Morgan fingerprint density at radius 3 is 1.22 bits per heavy atom. The second kappa shape index (κ2) is 12.8. The number of thiocarbonyl (C=S) groups is 1. The molecule has 0 aliphatic carbocycles. The number of hydrogen-bond acceptors (Lipinski definition) is 7. The van der Waals surface area contributed by atoms with E-state index < -0.39 is 0 Å². The number of aromatic amines is 2. The van der Waals surface area contributed by atoms with Gasteiger partial charge in [0.25, 0.3) is 0 Å². The van der Waals surface area contributed by atoms with Crippen LogP contribution in [-0.2, 0) is 0 Å². The monoisotopic (exact) mass is 674 g/mol. The number of isothiocyanates is 1. The minimum absolute atomic E-state index is 0.727. The van der Waals surface area contributed by atoms with Crippen LogP contribution in [0.1, 0.15) is 22.8 Å². The Morgan fingerprint density at radius 2 is 0.843 bits per heavy atom. The van der Waals surface area contributed by atoms with Gasteiger partial charge in [-0.15, -0.1) is 0 Å². The molecule has 0 saturated heterocycles. The molecule has 0 fully saturated rings. The first-order valence-electron chi connectivity index (χ1n) is 16.3. The molecule has 1 aromatic carbocycles. The van der Waals surface area contributed by atoms with E-state index in [0.717, 1.165) is 95.4 Å². The molecule has 0 saturated carbocycles. The molecule has 240 valence electrons. The highest BCUT2D eigenvalue weighted by Crippen LogP contribution is 2.37. The van der Waals surface area contributed by atoms with Gasteiger partial charge in [-0.1, -0.05) is 30.3 Å². The van der Waals surface area contributed by atoms with Crippen LogP contribution in [0.25, 0.3) is 91.3 Å². The lowest BCUT2D eigenvalue weighted by Crippen LogP contribution is -1.91. The first-order chi connectivity index (χ1) is 25.2. The Morgan fingerprint density at radius 1 is 0.451 bits per heavy atom. The van der Waals surface area contributed by atoms with Gasteiger partial charge < -0.3 is 9.97 Å². The third kappa shape index (κ3) is 5.58. The normalized spacial score (nSPS) is 11.8. The van der Waals surface area contributed by atoms with Gasteiger partial charge in [-0.2, -0.15) is 4.99 Å². The average molecular weight is 675 g/mol. The van der Waals surface area contributed by atoms with Gasteiger partial charge in [-0.05, 0) is 115 Å². The van der Waals surface area contributed by atoms with Crippen molar-refractivity contribution in [2.75, 3.05) is 0 Å². The van der Waals surface area contributed by atoms with Crippen LogP contribution in [0.4, 0.5) is 5.69 Å². The Bertz CT molecular complexity index is 2690. The molecular weight excluding hydrogens is 649 g/mol. The largest absolute Gasteiger partial charge is 0.354 e. The minimum Gasteiger partial charge on any atom is -0.354 e. The molecule has 9 rings (SSSR count). The molecule has 2 N–H and O–H groups in total. The summed E-state index contributed by atoms with van der Waals surface area (Å²) in [5.74, 6) is 0. The van der Waals surface area contributed by atoms with Gasteiger partial charge in [0.05, 0.1) is 67.3 Å². The number of nitrogens with one attached hydrogen (secondary N) is 2. The number of nitrogens with zero attached hydrogens (tertiary/aromatic N) is 6. The number of fused-ring (bicyclic) bond motifs is 8. The van der Waals surface area contributed by atoms with Crippen molar-refractivity contribution in [3.8, 4) is 44.9 Å². The van der Waals surface area contributed by atoms with Crippen LogP contribution in [-0.4, -0.2) is 40.0 Å². The molecule has 0 amide bonds. The van der Waals surface area contributed by atoms with Crippen LogP contribution < -0.4 is 0 Å². The zero-order chi connectivity index (χ0) is 34.1. The van der Waals surface area contributed by atoms with Gasteiger partial charge in [0, 0.05) is 46.4 Å². The molecule has 0 spiro atoms. The van der Waals surface area contributed by atoms with Crippen LogP contribution in [0.2, 0.25) is 0 Å². The highest BCUT2D eigenvalue weighted by atomic mass is 32.1. The first-order valence-corrected chi connectivity index (χ1v) is 16.7. The number of aromatic nitrogens is 7. The van der Waals surface area contributed by atoms with Crippen LogP contribution in [0.3, 0.4) is 0 Å². The second-order valence-electron chi connectivity index (χ2n) is 11.9. The molecule has 0 unspecified atom stereocenters. The van der Waals surface area contributed by atoms with Gasteiger partial charge >= 0.3 is 0 Å². The molecule has 0 atom stereocenters. The molecule has 2 aliphatic rings. The smallest absolute Gasteiger partial charge is 0.0753 e. The van der Waals surface area contributed by atoms with Crippen molar-refractivity contribution < 1.29 is 0 Å². The van der Waals surface area contributed by atoms with Gasteiger partial charge in [-0.25, -0.2) is 9.97 Å². The summed E-state index contributed by atoms with van der Waals surface area (Å²) < 4.78 is 0. The van der Waals surface area contributed by atoms with Crippen molar-refractivity contribution in [3.63, 3.8) is 0 Å². The molecule has 51 heavy (non-hydrogen) atoms. The van der Waals surface area contributed by atoms with E-state index in [1.54, 1.807) is 18.6 Å². The summed E-state index contributed by atoms with van der Waals surface area (Å²) in [6.07, 6.45) is 13.6. The maximum atomic E-state index is 5.29. The molecule has 8 nitrogen and oxygen atoms in total. The van der Waals surface area contributed by atoms with E-state index in [-0.39, 0.29) is 0 Å². The van der Waals surface area contributed by atoms with Crippen molar-refractivity contribution in [2.45, 2.75) is 0 Å². The summed E-state index contributed by atoms with van der Waals surface area (Å²) in [5.41, 5.74) is 14.3. The van der Waals surface area contributed by atoms with Crippen molar-refractivity contribution in [1.82, 2.24) is 34.9 Å². The summed E-state index contributed by atoms with van der Waals surface area (Å²) in [6, 6.07) is 33.9. The standard InChI is InChI=1S/C42H26N8S/c51-25-46-27-12-10-26(11-13-27)39-31-14-16-33(47-31)40(28-7-1-4-22-43-28)35-18-20-37(49-35)42(30-9-3-6-24-45-30)38-21-19-36(50-38)41(29-8-2-5-23-44-29)34-17-15-32(39)48-34/h1-24,47,50H. The molecule has 0 radical (unpaired) electrons. The molecule has 7 aromatic rings. The van der Waals surface area contributed by atoms with E-state index in [0.29, 0.717) is 0 Å². The predicted molar refractivity (Wildman–Crippen MR) is 209 cm³/mol. The van der Waals surface area contributed by atoms with E-state index in [2.05, 4.69) is 50.5 Å². The van der Waals surface area contributed by atoms with Crippen molar-refractivity contribution >= 4 is 69.4 Å². The molecule has 8 heterocycles. The fraction of sp³-hybridized carbons (Fsp3) is 0. The van der Waals surface area contributed by atoms with Crippen molar-refractivity contribution in [2.24, 2.45) is 4.99 Å². The van der Waals surface area contributed by atoms with Gasteiger partial charge in [0.15, 0.2) is 0 Å². The maximum absolute atomic E-state index is 5.29. The van der Waals surface area contributed by atoms with Gasteiger partial charge in [-0.3, -0.25) is 15.0 Å². The van der Waals surface area contributed by atoms with E-state index in [1.165, 1.54) is 0 Å². The third-order valence-corrected chi connectivity index (χ3v) is 8.94.